The average Bonchev–Trinajstić information content (AvgIpc) is 2.70. The predicted octanol–water partition coefficient (Wildman–Crippen LogP) is -1.06. The van der Waals surface area contributed by atoms with Crippen LogP contribution >= 0.6 is 0 Å². The number of esters is 1. The fraction of sp³-hybridized carbons (Fsp3) is 0.750. The van der Waals surface area contributed by atoms with Crippen LogP contribution in [0.2, 0.25) is 0 Å². The highest BCUT2D eigenvalue weighted by Gasteiger charge is 2.20. The summed E-state index contributed by atoms with van der Waals surface area (Å²) >= 11 is 0. The number of carbonyl (C=O) groups is 2. The van der Waals surface area contributed by atoms with Crippen molar-refractivity contribution in [3.05, 3.63) is 0 Å². The van der Waals surface area contributed by atoms with Gasteiger partial charge in [0.1, 0.15) is 6.04 Å². The van der Waals surface area contributed by atoms with Crippen molar-refractivity contribution in [1.29, 1.82) is 0 Å². The molecule has 6 heteroatoms. The lowest BCUT2D eigenvalue weighted by molar-refractivity contribution is -0.139. The topological polar surface area (TPSA) is 102 Å². The van der Waals surface area contributed by atoms with Crippen LogP contribution in [-0.4, -0.2) is 43.3 Å². The summed E-state index contributed by atoms with van der Waals surface area (Å²) in [6.45, 7) is 0.827. The maximum Gasteiger partial charge on any atom is 0.320 e. The van der Waals surface area contributed by atoms with Gasteiger partial charge in [0.2, 0.25) is 0 Å². The molecule has 0 spiro atoms. The number of aliphatic carboxylic acids is 1. The van der Waals surface area contributed by atoms with Crippen molar-refractivity contribution in [2.45, 2.75) is 18.9 Å². The van der Waals surface area contributed by atoms with E-state index in [0.29, 0.717) is 0 Å². The molecule has 0 aromatic carbocycles. The maximum absolute atomic E-state index is 10.1. The van der Waals surface area contributed by atoms with Gasteiger partial charge in [-0.3, -0.25) is 9.59 Å². The highest BCUT2D eigenvalue weighted by Crippen LogP contribution is 2.03. The molecule has 0 unspecified atom stereocenters. The molecule has 4 N–H and O–H groups in total. The summed E-state index contributed by atoms with van der Waals surface area (Å²) < 4.78 is 4.14. The summed E-state index contributed by atoms with van der Waals surface area (Å²) in [5, 5.41) is 11.2. The molecular weight excluding hydrogens is 188 g/mol. The normalized spacial score (nSPS) is 19.4. The fourth-order valence-electron chi connectivity index (χ4n) is 0.979. The van der Waals surface area contributed by atoms with Crippen molar-refractivity contribution in [3.63, 3.8) is 0 Å². The third-order valence-electron chi connectivity index (χ3n) is 1.75. The van der Waals surface area contributed by atoms with Crippen LogP contribution in [0.15, 0.2) is 0 Å². The Morgan fingerprint density at radius 3 is 2.43 bits per heavy atom. The van der Waals surface area contributed by atoms with Gasteiger partial charge in [0.05, 0.1) is 13.7 Å². The number of carboxylic acids is 1. The molecule has 0 aromatic rings. The van der Waals surface area contributed by atoms with Crippen molar-refractivity contribution in [3.8, 4) is 0 Å². The molecular formula is C8H16N2O4. The minimum Gasteiger partial charge on any atom is -0.480 e. The molecule has 6 nitrogen and oxygen atoms in total. The highest BCUT2D eigenvalue weighted by atomic mass is 16.5. The van der Waals surface area contributed by atoms with E-state index in [-0.39, 0.29) is 18.6 Å². The van der Waals surface area contributed by atoms with Crippen LogP contribution in [0.25, 0.3) is 0 Å². The summed E-state index contributed by atoms with van der Waals surface area (Å²) in [7, 11) is 1.30. The Morgan fingerprint density at radius 1 is 1.64 bits per heavy atom. The molecule has 82 valence electrons. The van der Waals surface area contributed by atoms with E-state index in [1.165, 1.54) is 7.11 Å². The number of rotatable bonds is 2. The van der Waals surface area contributed by atoms with Crippen LogP contribution in [0.3, 0.4) is 0 Å². The smallest absolute Gasteiger partial charge is 0.320 e. The van der Waals surface area contributed by atoms with Gasteiger partial charge >= 0.3 is 11.9 Å². The number of hydrogen-bond acceptors (Lipinski definition) is 5. The SMILES string of the molecule is COC(=O)CN.O=C(O)[C@@H]1CCCN1. The van der Waals surface area contributed by atoms with E-state index in [9.17, 15) is 9.59 Å². The zero-order valence-corrected chi connectivity index (χ0v) is 8.16. The molecule has 0 radical (unpaired) electrons. The molecule has 1 atom stereocenters. The first kappa shape index (κ1) is 12.9. The lowest BCUT2D eigenvalue weighted by atomic mass is 10.2. The summed E-state index contributed by atoms with van der Waals surface area (Å²) in [5.74, 6) is -1.10. The number of methoxy groups -OCH3 is 1. The molecule has 0 bridgehead atoms. The first-order chi connectivity index (χ1) is 6.61. The van der Waals surface area contributed by atoms with Crippen molar-refractivity contribution < 1.29 is 19.4 Å². The summed E-state index contributed by atoms with van der Waals surface area (Å²) in [5.41, 5.74) is 4.81. The van der Waals surface area contributed by atoms with Gasteiger partial charge in [0, 0.05) is 0 Å². The van der Waals surface area contributed by atoms with Gasteiger partial charge in [-0.1, -0.05) is 0 Å². The second-order valence-corrected chi connectivity index (χ2v) is 2.77. The number of hydrogen-bond donors (Lipinski definition) is 3. The van der Waals surface area contributed by atoms with Gasteiger partial charge < -0.3 is 20.9 Å². The van der Waals surface area contributed by atoms with Gasteiger partial charge in [-0.2, -0.15) is 0 Å². The number of ether oxygens (including phenoxy) is 1. The van der Waals surface area contributed by atoms with E-state index >= 15 is 0 Å². The Labute approximate surface area is 82.4 Å². The fourth-order valence-corrected chi connectivity index (χ4v) is 0.979. The molecule has 14 heavy (non-hydrogen) atoms. The Kier molecular flexibility index (Phi) is 6.69. The lowest BCUT2D eigenvalue weighted by Crippen LogP contribution is -2.29. The van der Waals surface area contributed by atoms with Crippen LogP contribution in [0, 0.1) is 0 Å². The molecule has 1 heterocycles. The molecule has 0 amide bonds. The number of nitrogens with two attached hydrogens (primary N) is 1. The predicted molar refractivity (Wildman–Crippen MR) is 49.7 cm³/mol. The standard InChI is InChI=1S/C5H9NO2.C3H7NO2/c7-5(8)4-2-1-3-6-4;1-6-3(5)2-4/h4,6H,1-3H2,(H,7,8);2,4H2,1H3/t4-;/m0./s1. The molecule has 1 saturated heterocycles. The molecule has 0 aliphatic carbocycles. The minimum atomic E-state index is -0.720. The Balaban J connectivity index is 0.000000255. The molecule has 0 aromatic heterocycles. The average molecular weight is 204 g/mol. The number of nitrogens with one attached hydrogen (secondary N) is 1. The summed E-state index contributed by atoms with van der Waals surface area (Å²) in [6, 6.07) is -0.269. The first-order valence-electron chi connectivity index (χ1n) is 4.35. The Bertz CT molecular complexity index is 184. The van der Waals surface area contributed by atoms with E-state index in [1.54, 1.807) is 0 Å². The van der Waals surface area contributed by atoms with Crippen LogP contribution in [0.4, 0.5) is 0 Å². The van der Waals surface area contributed by atoms with Gasteiger partial charge in [0.25, 0.3) is 0 Å². The molecule has 1 rings (SSSR count). The molecule has 1 aliphatic rings. The van der Waals surface area contributed by atoms with Crippen LogP contribution in [0.5, 0.6) is 0 Å². The van der Waals surface area contributed by atoms with Gasteiger partial charge in [0.15, 0.2) is 0 Å². The van der Waals surface area contributed by atoms with Crippen LogP contribution < -0.4 is 11.1 Å². The van der Waals surface area contributed by atoms with Crippen LogP contribution in [-0.2, 0) is 14.3 Å². The Morgan fingerprint density at radius 2 is 2.29 bits per heavy atom. The Hall–Kier alpha value is -1.14. The number of carboxylic acid groups (broad SMARTS) is 1. The monoisotopic (exact) mass is 204 g/mol. The lowest BCUT2D eigenvalue weighted by Gasteiger charge is -1.99. The quantitative estimate of drug-likeness (QED) is 0.496. The van der Waals surface area contributed by atoms with Crippen molar-refractivity contribution in [2.24, 2.45) is 5.73 Å². The zero-order chi connectivity index (χ0) is 11.0. The van der Waals surface area contributed by atoms with E-state index < -0.39 is 5.97 Å². The largest absolute Gasteiger partial charge is 0.480 e. The third kappa shape index (κ3) is 5.50. The van der Waals surface area contributed by atoms with E-state index in [2.05, 4.69) is 10.1 Å². The van der Waals surface area contributed by atoms with E-state index in [1.807, 2.05) is 0 Å². The summed E-state index contributed by atoms with van der Waals surface area (Å²) in [4.78, 5) is 20.0. The van der Waals surface area contributed by atoms with Crippen molar-refractivity contribution >= 4 is 11.9 Å². The molecule has 1 aliphatic heterocycles. The molecule has 0 saturated carbocycles. The van der Waals surface area contributed by atoms with E-state index in [4.69, 9.17) is 10.8 Å². The summed E-state index contributed by atoms with van der Waals surface area (Å²) in [6.07, 6.45) is 1.78. The van der Waals surface area contributed by atoms with Crippen molar-refractivity contribution in [1.82, 2.24) is 5.32 Å². The first-order valence-corrected chi connectivity index (χ1v) is 4.35. The van der Waals surface area contributed by atoms with Gasteiger partial charge in [-0.05, 0) is 19.4 Å². The van der Waals surface area contributed by atoms with E-state index in [0.717, 1.165) is 19.4 Å². The second kappa shape index (κ2) is 7.28. The van der Waals surface area contributed by atoms with Gasteiger partial charge in [-0.15, -0.1) is 0 Å². The van der Waals surface area contributed by atoms with Crippen LogP contribution in [0.1, 0.15) is 12.8 Å². The number of carbonyl (C=O) groups excluding carboxylic acids is 1. The van der Waals surface area contributed by atoms with Gasteiger partial charge in [-0.25, -0.2) is 0 Å². The van der Waals surface area contributed by atoms with Crippen molar-refractivity contribution in [2.75, 3.05) is 20.2 Å². The maximum atomic E-state index is 10.1. The third-order valence-corrected chi connectivity index (χ3v) is 1.75. The highest BCUT2D eigenvalue weighted by molar-refractivity contribution is 5.73. The zero-order valence-electron chi connectivity index (χ0n) is 8.16. The minimum absolute atomic E-state index is 0.0312. The second-order valence-electron chi connectivity index (χ2n) is 2.77. The molecule has 1 fully saturated rings.